The zero-order valence-electron chi connectivity index (χ0n) is 24.2. The van der Waals surface area contributed by atoms with Crippen molar-refractivity contribution in [3.63, 3.8) is 0 Å². The second kappa shape index (κ2) is 14.7. The van der Waals surface area contributed by atoms with E-state index in [2.05, 4.69) is 17.3 Å². The Morgan fingerprint density at radius 1 is 0.976 bits per heavy atom. The number of carbonyl (C=O) groups excluding carboxylic acids is 2. The normalized spacial score (nSPS) is 14.4. The number of hydrogen-bond donors (Lipinski definition) is 4. The van der Waals surface area contributed by atoms with E-state index in [0.29, 0.717) is 35.1 Å². The van der Waals surface area contributed by atoms with Crippen molar-refractivity contribution in [2.75, 3.05) is 39.8 Å². The molecule has 0 aliphatic rings. The number of pyridine rings is 1. The van der Waals surface area contributed by atoms with Gasteiger partial charge < -0.3 is 27.0 Å². The minimum atomic E-state index is -4.48. The molecule has 0 radical (unpaired) electrons. The third-order valence-corrected chi connectivity index (χ3v) is 7.83. The van der Waals surface area contributed by atoms with Gasteiger partial charge in [-0.15, -0.1) is 0 Å². The van der Waals surface area contributed by atoms with Crippen molar-refractivity contribution in [1.29, 1.82) is 0 Å². The molecule has 7 N–H and O–H groups in total. The van der Waals surface area contributed by atoms with Gasteiger partial charge in [0.05, 0.1) is 49.8 Å². The summed E-state index contributed by atoms with van der Waals surface area (Å²) in [7, 11) is 2.07. The Morgan fingerprint density at radius 2 is 1.62 bits per heavy atom. The third kappa shape index (κ3) is 9.32. The highest BCUT2D eigenvalue weighted by molar-refractivity contribution is 5.92. The van der Waals surface area contributed by atoms with Crippen molar-refractivity contribution in [1.82, 2.24) is 10.3 Å². The average molecular weight is 588 g/mol. The largest absolute Gasteiger partial charge is 0.416 e. The van der Waals surface area contributed by atoms with Crippen molar-refractivity contribution in [2.24, 2.45) is 23.1 Å². The number of nitrogens with zero attached hydrogens (tertiary/aromatic N) is 2. The number of ketones is 1. The molecular weight excluding hydrogens is 545 g/mol. The van der Waals surface area contributed by atoms with Gasteiger partial charge >= 0.3 is 6.18 Å². The van der Waals surface area contributed by atoms with Crippen LogP contribution in [0, 0.1) is 5.92 Å². The number of amides is 1. The smallest absolute Gasteiger partial charge is 0.345 e. The number of fused-ring (bicyclic) bond motifs is 1. The number of likely N-dealkylation sites (N-methyl/N-ethyl adjacent to an activating group) is 1. The summed E-state index contributed by atoms with van der Waals surface area (Å²) in [5.41, 5.74) is 19.1. The van der Waals surface area contributed by atoms with Gasteiger partial charge in [-0.2, -0.15) is 13.2 Å². The van der Waals surface area contributed by atoms with Crippen LogP contribution < -0.4 is 22.5 Å². The number of hydrogen-bond acceptors (Lipinski definition) is 6. The molecule has 0 aliphatic carbocycles. The molecule has 42 heavy (non-hydrogen) atoms. The fourth-order valence-electron chi connectivity index (χ4n) is 5.03. The highest BCUT2D eigenvalue weighted by atomic mass is 19.4. The second-order valence-electron chi connectivity index (χ2n) is 11.3. The van der Waals surface area contributed by atoms with E-state index in [1.165, 1.54) is 12.1 Å². The van der Waals surface area contributed by atoms with Crippen molar-refractivity contribution in [2.45, 2.75) is 44.4 Å². The van der Waals surface area contributed by atoms with E-state index in [0.717, 1.165) is 42.7 Å². The number of quaternary nitrogens is 1. The van der Waals surface area contributed by atoms with E-state index in [4.69, 9.17) is 17.2 Å². The Morgan fingerprint density at radius 3 is 2.24 bits per heavy atom. The molecule has 2 aromatic carbocycles. The second-order valence-corrected chi connectivity index (χ2v) is 11.3. The Hall–Kier alpha value is -3.38. The molecule has 0 spiro atoms. The topological polar surface area (TPSA) is 137 Å². The minimum absolute atomic E-state index is 0.0117. The van der Waals surface area contributed by atoms with Gasteiger partial charge in [-0.05, 0) is 47.7 Å². The van der Waals surface area contributed by atoms with Crippen LogP contribution in [0.2, 0.25) is 0 Å². The predicted molar refractivity (Wildman–Crippen MR) is 158 cm³/mol. The first-order valence-corrected chi connectivity index (χ1v) is 14.2. The third-order valence-electron chi connectivity index (χ3n) is 7.83. The molecule has 0 saturated heterocycles. The van der Waals surface area contributed by atoms with Crippen LogP contribution in [0.4, 0.5) is 13.2 Å². The lowest BCUT2D eigenvalue weighted by Crippen LogP contribution is -2.54. The van der Waals surface area contributed by atoms with Gasteiger partial charge in [-0.1, -0.05) is 37.3 Å². The summed E-state index contributed by atoms with van der Waals surface area (Å²) in [5.74, 6) is -0.990. The number of para-hydroxylation sites is 1. The first-order valence-electron chi connectivity index (χ1n) is 14.2. The van der Waals surface area contributed by atoms with E-state index in [9.17, 15) is 22.8 Å². The number of aromatic nitrogens is 1. The zero-order valence-corrected chi connectivity index (χ0v) is 24.2. The zero-order chi connectivity index (χ0) is 30.9. The van der Waals surface area contributed by atoms with Gasteiger partial charge in [0.15, 0.2) is 5.78 Å². The fraction of sp³-hybridized carbons (Fsp3) is 0.452. The quantitative estimate of drug-likeness (QED) is 0.202. The molecule has 0 bridgehead atoms. The van der Waals surface area contributed by atoms with Gasteiger partial charge in [0, 0.05) is 37.5 Å². The number of nitrogens with two attached hydrogens (primary N) is 3. The SMILES string of the molecule is C[C@@H](CC[N+](C)(CCN)CCN)[C@H](N)C(=O)N[C@@H](Cc1ccc(C(F)(F)F)cc1)C(=O)Cc1cnc2ccccc2c1. The fourth-order valence-corrected chi connectivity index (χ4v) is 5.03. The minimum Gasteiger partial charge on any atom is -0.345 e. The highest BCUT2D eigenvalue weighted by Crippen LogP contribution is 2.29. The van der Waals surface area contributed by atoms with E-state index in [1.54, 1.807) is 6.20 Å². The lowest BCUT2D eigenvalue weighted by atomic mass is 9.94. The molecule has 1 amide bonds. The molecule has 8 nitrogen and oxygen atoms in total. The first kappa shape index (κ1) is 33.1. The van der Waals surface area contributed by atoms with Crippen molar-refractivity contribution >= 4 is 22.6 Å². The molecule has 3 rings (SSSR count). The van der Waals surface area contributed by atoms with Crippen molar-refractivity contribution < 1.29 is 27.2 Å². The number of benzene rings is 2. The predicted octanol–water partition coefficient (Wildman–Crippen LogP) is 2.81. The lowest BCUT2D eigenvalue weighted by Gasteiger charge is -2.35. The number of carbonyl (C=O) groups is 2. The summed E-state index contributed by atoms with van der Waals surface area (Å²) in [6, 6.07) is 12.1. The summed E-state index contributed by atoms with van der Waals surface area (Å²) in [6.45, 7) is 5.14. The van der Waals surface area contributed by atoms with E-state index in [-0.39, 0.29) is 24.5 Å². The number of rotatable bonds is 15. The van der Waals surface area contributed by atoms with E-state index >= 15 is 0 Å². The first-order chi connectivity index (χ1) is 19.8. The molecule has 1 aromatic heterocycles. The highest BCUT2D eigenvalue weighted by Gasteiger charge is 2.31. The number of Topliss-reactive ketones (excluding diaryl/α,β-unsaturated/α-hetero) is 1. The number of alkyl halides is 3. The Balaban J connectivity index is 1.76. The number of halogens is 3. The number of nitrogens with one attached hydrogen (secondary N) is 1. The van der Waals surface area contributed by atoms with Gasteiger partial charge in [-0.25, -0.2) is 0 Å². The van der Waals surface area contributed by atoms with Gasteiger partial charge in [0.1, 0.15) is 0 Å². The van der Waals surface area contributed by atoms with E-state index in [1.807, 2.05) is 37.3 Å². The molecule has 3 atom stereocenters. The maximum atomic E-state index is 13.5. The maximum Gasteiger partial charge on any atom is 0.416 e. The average Bonchev–Trinajstić information content (AvgIpc) is 2.95. The Labute approximate surface area is 245 Å². The van der Waals surface area contributed by atoms with E-state index < -0.39 is 29.7 Å². The summed E-state index contributed by atoms with van der Waals surface area (Å²) in [4.78, 5) is 31.2. The molecule has 0 fully saturated rings. The summed E-state index contributed by atoms with van der Waals surface area (Å²) >= 11 is 0. The molecule has 0 saturated carbocycles. The van der Waals surface area contributed by atoms with Crippen LogP contribution in [0.3, 0.4) is 0 Å². The van der Waals surface area contributed by atoms with Crippen LogP contribution in [0.15, 0.2) is 60.8 Å². The van der Waals surface area contributed by atoms with Crippen LogP contribution in [-0.2, 0) is 28.6 Å². The van der Waals surface area contributed by atoms with Gasteiger partial charge in [-0.3, -0.25) is 14.6 Å². The van der Waals surface area contributed by atoms with Crippen molar-refractivity contribution in [3.05, 3.63) is 77.5 Å². The Bertz CT molecular complexity index is 1330. The molecule has 1 heterocycles. The molecule has 3 aromatic rings. The van der Waals surface area contributed by atoms with Crippen LogP contribution in [0.25, 0.3) is 10.9 Å². The van der Waals surface area contributed by atoms with Crippen LogP contribution >= 0.6 is 0 Å². The van der Waals surface area contributed by atoms with Crippen LogP contribution in [0.1, 0.15) is 30.0 Å². The van der Waals surface area contributed by atoms with Crippen LogP contribution in [-0.4, -0.2) is 73.0 Å². The summed E-state index contributed by atoms with van der Waals surface area (Å²) in [6.07, 6.45) is -2.21. The Kier molecular flexibility index (Phi) is 11.6. The van der Waals surface area contributed by atoms with Gasteiger partial charge in [0.2, 0.25) is 5.91 Å². The standard InChI is InChI=1S/C31H41F3N6O2/c1-21(11-14-40(2,15-12-35)16-13-36)29(37)30(42)39-27(18-22-7-9-25(10-8-22)31(32,33)34)28(41)19-23-17-24-5-3-4-6-26(24)38-20-23/h3-10,17,20-21,27,29H,11-16,18-19,35-37H2,1-2H3/p+1/t21-,27-,29-/m0/s1. The molecule has 11 heteroatoms. The monoisotopic (exact) mass is 587 g/mol. The van der Waals surface area contributed by atoms with Crippen molar-refractivity contribution in [3.8, 4) is 0 Å². The van der Waals surface area contributed by atoms with Crippen LogP contribution in [0.5, 0.6) is 0 Å². The molecule has 228 valence electrons. The molecule has 0 aliphatic heterocycles. The lowest BCUT2D eigenvalue weighted by molar-refractivity contribution is -0.907. The maximum absolute atomic E-state index is 13.5. The molecule has 0 unspecified atom stereocenters. The molecular formula is C31H42F3N6O2+. The summed E-state index contributed by atoms with van der Waals surface area (Å²) in [5, 5.41) is 3.67. The summed E-state index contributed by atoms with van der Waals surface area (Å²) < 4.78 is 39.9. The van der Waals surface area contributed by atoms with Gasteiger partial charge in [0.25, 0.3) is 0 Å².